The van der Waals surface area contributed by atoms with Crippen molar-refractivity contribution in [3.63, 3.8) is 0 Å². The molecule has 1 unspecified atom stereocenters. The molecule has 0 spiro atoms. The normalized spacial score (nSPS) is 20.0. The molecule has 2 aliphatic rings. The van der Waals surface area contributed by atoms with Gasteiger partial charge in [0.2, 0.25) is 11.8 Å². The molecule has 28 heavy (non-hydrogen) atoms. The molecule has 0 radical (unpaired) electrons. The molecule has 4 nitrogen and oxygen atoms in total. The van der Waals surface area contributed by atoms with Crippen LogP contribution < -0.4 is 10.2 Å². The fraction of sp³-hybridized carbons (Fsp3) is 0.391. The van der Waals surface area contributed by atoms with Crippen molar-refractivity contribution in [1.82, 2.24) is 0 Å². The van der Waals surface area contributed by atoms with Gasteiger partial charge in [-0.2, -0.15) is 0 Å². The predicted molar refractivity (Wildman–Crippen MR) is 116 cm³/mol. The fourth-order valence-electron chi connectivity index (χ4n) is 4.04. The number of benzene rings is 2. The van der Waals surface area contributed by atoms with Gasteiger partial charge in [0, 0.05) is 17.3 Å². The van der Waals surface area contributed by atoms with Crippen molar-refractivity contribution in [2.24, 2.45) is 5.92 Å². The van der Waals surface area contributed by atoms with Crippen LogP contribution in [0.3, 0.4) is 0 Å². The maximum absolute atomic E-state index is 12.6. The monoisotopic (exact) mass is 394 g/mol. The lowest BCUT2D eigenvalue weighted by Crippen LogP contribution is -2.27. The van der Waals surface area contributed by atoms with Crippen LogP contribution in [0.1, 0.15) is 49.1 Å². The van der Waals surface area contributed by atoms with Gasteiger partial charge in [-0.3, -0.25) is 14.5 Å². The molecule has 2 amide bonds. The third-order valence-corrected chi connectivity index (χ3v) is 6.87. The zero-order valence-electron chi connectivity index (χ0n) is 16.2. The third kappa shape index (κ3) is 3.95. The summed E-state index contributed by atoms with van der Waals surface area (Å²) in [5.41, 5.74) is 4.09. The molecule has 1 aliphatic carbocycles. The molecule has 146 valence electrons. The van der Waals surface area contributed by atoms with E-state index in [0.29, 0.717) is 5.75 Å². The summed E-state index contributed by atoms with van der Waals surface area (Å²) in [7, 11) is 0. The lowest BCUT2D eigenvalue weighted by atomic mass is 10.1. The number of hydrogen-bond donors (Lipinski definition) is 1. The van der Waals surface area contributed by atoms with Crippen LogP contribution in [0.5, 0.6) is 0 Å². The molecule has 0 aromatic heterocycles. The second-order valence-electron chi connectivity index (χ2n) is 7.54. The van der Waals surface area contributed by atoms with Crippen LogP contribution in [0.25, 0.3) is 0 Å². The maximum Gasteiger partial charge on any atom is 0.238 e. The molecule has 1 atom stereocenters. The molecule has 1 heterocycles. The maximum atomic E-state index is 12.6. The average Bonchev–Trinajstić information content (AvgIpc) is 3.39. The first-order chi connectivity index (χ1) is 13.7. The largest absolute Gasteiger partial charge is 0.326 e. The van der Waals surface area contributed by atoms with Gasteiger partial charge in [-0.1, -0.05) is 44.0 Å². The summed E-state index contributed by atoms with van der Waals surface area (Å²) >= 11 is 1.65. The van der Waals surface area contributed by atoms with E-state index >= 15 is 0 Å². The first kappa shape index (κ1) is 19.1. The van der Waals surface area contributed by atoms with Gasteiger partial charge in [0.25, 0.3) is 0 Å². The van der Waals surface area contributed by atoms with Crippen molar-refractivity contribution in [3.8, 4) is 0 Å². The predicted octanol–water partition coefficient (Wildman–Crippen LogP) is 5.16. The minimum absolute atomic E-state index is 0.0285. The van der Waals surface area contributed by atoms with Crippen LogP contribution in [-0.4, -0.2) is 17.6 Å². The molecule has 1 N–H and O–H groups in total. The summed E-state index contributed by atoms with van der Waals surface area (Å²) in [5, 5.41) is 3.01. The van der Waals surface area contributed by atoms with E-state index in [1.54, 1.807) is 11.8 Å². The van der Waals surface area contributed by atoms with Gasteiger partial charge < -0.3 is 5.32 Å². The number of carbonyl (C=O) groups is 2. The summed E-state index contributed by atoms with van der Waals surface area (Å²) in [6, 6.07) is 16.2. The topological polar surface area (TPSA) is 49.4 Å². The summed E-state index contributed by atoms with van der Waals surface area (Å²) in [5.74, 6) is 0.917. The SMILES string of the molecule is CCc1cccc(N2C(=O)CSC2c2ccc(NC(=O)C3CCCC3)cc2)c1. The molecule has 2 aromatic carbocycles. The number of aryl methyl sites for hydroxylation is 1. The number of thioether (sulfide) groups is 1. The lowest BCUT2D eigenvalue weighted by molar-refractivity contribution is -0.119. The minimum Gasteiger partial charge on any atom is -0.326 e. The van der Waals surface area contributed by atoms with Crippen LogP contribution >= 0.6 is 11.8 Å². The zero-order chi connectivity index (χ0) is 19.5. The van der Waals surface area contributed by atoms with Crippen molar-refractivity contribution in [1.29, 1.82) is 0 Å². The molecule has 5 heteroatoms. The molecular formula is C23H26N2O2S. The first-order valence-electron chi connectivity index (χ1n) is 10.1. The molecule has 1 saturated carbocycles. The highest BCUT2D eigenvalue weighted by atomic mass is 32.2. The standard InChI is InChI=1S/C23H26N2O2S/c1-2-16-6-5-9-20(14-16)25-21(26)15-28-23(25)18-10-12-19(13-11-18)24-22(27)17-7-3-4-8-17/h5-6,9-14,17,23H,2-4,7-8,15H2,1H3,(H,24,27). The van der Waals surface area contributed by atoms with Gasteiger partial charge in [0.05, 0.1) is 5.75 Å². The van der Waals surface area contributed by atoms with E-state index in [1.165, 1.54) is 5.56 Å². The molecule has 0 bridgehead atoms. The van der Waals surface area contributed by atoms with E-state index in [-0.39, 0.29) is 23.1 Å². The van der Waals surface area contributed by atoms with E-state index in [0.717, 1.165) is 49.0 Å². The van der Waals surface area contributed by atoms with Crippen molar-refractivity contribution in [3.05, 3.63) is 59.7 Å². The van der Waals surface area contributed by atoms with Crippen LogP contribution in [0.2, 0.25) is 0 Å². The Hall–Kier alpha value is -2.27. The Morgan fingerprint density at radius 3 is 2.61 bits per heavy atom. The molecule has 2 aromatic rings. The summed E-state index contributed by atoms with van der Waals surface area (Å²) in [4.78, 5) is 26.8. The Labute approximate surface area is 170 Å². The van der Waals surface area contributed by atoms with E-state index in [4.69, 9.17) is 0 Å². The third-order valence-electron chi connectivity index (χ3n) is 5.65. The molecular weight excluding hydrogens is 368 g/mol. The number of nitrogens with one attached hydrogen (secondary N) is 1. The Morgan fingerprint density at radius 2 is 1.89 bits per heavy atom. The number of anilines is 2. The number of amides is 2. The van der Waals surface area contributed by atoms with E-state index in [9.17, 15) is 9.59 Å². The summed E-state index contributed by atoms with van der Waals surface area (Å²) < 4.78 is 0. The second-order valence-corrected chi connectivity index (χ2v) is 8.61. The fourth-order valence-corrected chi connectivity index (χ4v) is 5.22. The zero-order valence-corrected chi connectivity index (χ0v) is 17.0. The van der Waals surface area contributed by atoms with Crippen LogP contribution in [0.4, 0.5) is 11.4 Å². The average molecular weight is 395 g/mol. The van der Waals surface area contributed by atoms with Crippen molar-refractivity contribution >= 4 is 35.0 Å². The van der Waals surface area contributed by atoms with Gasteiger partial charge >= 0.3 is 0 Å². The van der Waals surface area contributed by atoms with Gasteiger partial charge in [-0.15, -0.1) is 11.8 Å². The Balaban J connectivity index is 1.50. The highest BCUT2D eigenvalue weighted by Gasteiger charge is 2.34. The second kappa shape index (κ2) is 8.39. The van der Waals surface area contributed by atoms with Gasteiger partial charge in [0.15, 0.2) is 0 Å². The highest BCUT2D eigenvalue weighted by Crippen LogP contribution is 2.42. The first-order valence-corrected chi connectivity index (χ1v) is 11.1. The van der Waals surface area contributed by atoms with Gasteiger partial charge in [-0.25, -0.2) is 0 Å². The Bertz CT molecular complexity index is 859. The highest BCUT2D eigenvalue weighted by molar-refractivity contribution is 8.00. The lowest BCUT2D eigenvalue weighted by Gasteiger charge is -2.25. The van der Waals surface area contributed by atoms with Crippen molar-refractivity contribution < 1.29 is 9.59 Å². The van der Waals surface area contributed by atoms with E-state index in [2.05, 4.69) is 24.4 Å². The van der Waals surface area contributed by atoms with Gasteiger partial charge in [0.1, 0.15) is 5.37 Å². The number of nitrogens with zero attached hydrogens (tertiary/aromatic N) is 1. The Morgan fingerprint density at radius 1 is 1.14 bits per heavy atom. The molecule has 1 saturated heterocycles. The molecule has 2 fully saturated rings. The quantitative estimate of drug-likeness (QED) is 0.762. The summed E-state index contributed by atoms with van der Waals surface area (Å²) in [6.07, 6.45) is 5.24. The number of rotatable bonds is 5. The number of carbonyl (C=O) groups excluding carboxylic acids is 2. The number of hydrogen-bond acceptors (Lipinski definition) is 3. The molecule has 1 aliphatic heterocycles. The van der Waals surface area contributed by atoms with Crippen molar-refractivity contribution in [2.75, 3.05) is 16.0 Å². The molecule has 4 rings (SSSR count). The van der Waals surface area contributed by atoms with E-state index < -0.39 is 0 Å². The Kier molecular flexibility index (Phi) is 5.72. The smallest absolute Gasteiger partial charge is 0.238 e. The minimum atomic E-state index is -0.0285. The van der Waals surface area contributed by atoms with Crippen molar-refractivity contribution in [2.45, 2.75) is 44.4 Å². The van der Waals surface area contributed by atoms with Crippen LogP contribution in [0.15, 0.2) is 48.5 Å². The summed E-state index contributed by atoms with van der Waals surface area (Å²) in [6.45, 7) is 2.12. The van der Waals surface area contributed by atoms with E-state index in [1.807, 2.05) is 41.3 Å². The van der Waals surface area contributed by atoms with Crippen LogP contribution in [0, 0.1) is 5.92 Å². The van der Waals surface area contributed by atoms with Crippen LogP contribution in [-0.2, 0) is 16.0 Å². The van der Waals surface area contributed by atoms with Gasteiger partial charge in [-0.05, 0) is 54.7 Å².